The third-order valence-corrected chi connectivity index (χ3v) is 5.24. The topological polar surface area (TPSA) is 29.1 Å². The van der Waals surface area contributed by atoms with Crippen LogP contribution in [0, 0.1) is 6.92 Å². The molecule has 0 saturated carbocycles. The molecule has 0 unspecified atom stereocenters. The fourth-order valence-electron chi connectivity index (χ4n) is 3.91. The summed E-state index contributed by atoms with van der Waals surface area (Å²) in [6.45, 7) is 2.02. The lowest BCUT2D eigenvalue weighted by Crippen LogP contribution is -2.42. The maximum atomic E-state index is 14.0. The lowest BCUT2D eigenvalue weighted by atomic mass is 9.68. The highest BCUT2D eigenvalue weighted by molar-refractivity contribution is 6.04. The highest BCUT2D eigenvalue weighted by Gasteiger charge is 2.43. The number of carbonyl (C=O) groups is 1. The maximum absolute atomic E-state index is 14.0. The molecule has 0 bridgehead atoms. The van der Waals surface area contributed by atoms with Crippen molar-refractivity contribution < 1.29 is 4.79 Å². The summed E-state index contributed by atoms with van der Waals surface area (Å²) in [6, 6.07) is 37.9. The van der Waals surface area contributed by atoms with Crippen LogP contribution in [0.3, 0.4) is 0 Å². The Morgan fingerprint density at radius 2 is 1.07 bits per heavy atom. The predicted molar refractivity (Wildman–Crippen MR) is 119 cm³/mol. The van der Waals surface area contributed by atoms with Gasteiger partial charge in [-0.15, -0.1) is 0 Å². The highest BCUT2D eigenvalue weighted by Crippen LogP contribution is 2.40. The van der Waals surface area contributed by atoms with E-state index in [1.807, 2.05) is 122 Å². The lowest BCUT2D eigenvalue weighted by molar-refractivity contribution is -0.119. The van der Waals surface area contributed by atoms with E-state index in [9.17, 15) is 4.79 Å². The Morgan fingerprint density at radius 3 is 1.48 bits per heavy atom. The summed E-state index contributed by atoms with van der Waals surface area (Å²) < 4.78 is 0. The molecule has 142 valence electrons. The molecule has 1 N–H and O–H groups in total. The van der Waals surface area contributed by atoms with Crippen LogP contribution in [0.25, 0.3) is 0 Å². The Balaban J connectivity index is 1.96. The summed E-state index contributed by atoms with van der Waals surface area (Å²) in [4.78, 5) is 14.0. The lowest BCUT2D eigenvalue weighted by Gasteiger charge is -2.34. The minimum absolute atomic E-state index is 0.0771. The average molecular weight is 377 g/mol. The van der Waals surface area contributed by atoms with Gasteiger partial charge in [0.25, 0.3) is 0 Å². The molecule has 2 heteroatoms. The molecule has 0 fully saturated rings. The largest absolute Gasteiger partial charge is 0.325 e. The zero-order valence-electron chi connectivity index (χ0n) is 16.4. The fourth-order valence-corrected chi connectivity index (χ4v) is 3.91. The van der Waals surface area contributed by atoms with Gasteiger partial charge in [0, 0.05) is 5.69 Å². The first-order chi connectivity index (χ1) is 14.2. The van der Waals surface area contributed by atoms with E-state index in [2.05, 4.69) is 5.32 Å². The minimum atomic E-state index is -0.965. The van der Waals surface area contributed by atoms with Gasteiger partial charge in [-0.3, -0.25) is 4.79 Å². The normalized spacial score (nSPS) is 11.1. The van der Waals surface area contributed by atoms with Crippen molar-refractivity contribution in [2.75, 3.05) is 5.32 Å². The number of nitrogens with one attached hydrogen (secondary N) is 1. The summed E-state index contributed by atoms with van der Waals surface area (Å²) in [6.07, 6.45) is 0. The van der Waals surface area contributed by atoms with Gasteiger partial charge in [0.05, 0.1) is 0 Å². The van der Waals surface area contributed by atoms with E-state index in [1.54, 1.807) is 0 Å². The van der Waals surface area contributed by atoms with Crippen LogP contribution in [0.2, 0.25) is 0 Å². The molecule has 0 aliphatic carbocycles. The van der Waals surface area contributed by atoms with Crippen molar-refractivity contribution in [3.63, 3.8) is 0 Å². The van der Waals surface area contributed by atoms with Crippen molar-refractivity contribution in [1.29, 1.82) is 0 Å². The number of benzene rings is 4. The third-order valence-electron chi connectivity index (χ3n) is 5.24. The number of aryl methyl sites for hydroxylation is 1. The summed E-state index contributed by atoms with van der Waals surface area (Å²) in [7, 11) is 0. The van der Waals surface area contributed by atoms with Crippen LogP contribution < -0.4 is 5.32 Å². The number of carbonyl (C=O) groups excluding carboxylic acids is 1. The van der Waals surface area contributed by atoms with E-state index in [0.717, 1.165) is 27.9 Å². The van der Waals surface area contributed by atoms with E-state index >= 15 is 0 Å². The number of rotatable bonds is 5. The van der Waals surface area contributed by atoms with Gasteiger partial charge in [0.15, 0.2) is 0 Å². The first kappa shape index (κ1) is 18.7. The SMILES string of the molecule is Cc1cccc(NC(=O)C(c2ccccc2)(c2ccccc2)c2ccccc2)c1. The molecule has 0 aromatic heterocycles. The quantitative estimate of drug-likeness (QED) is 0.427. The van der Waals surface area contributed by atoms with Crippen molar-refractivity contribution in [2.24, 2.45) is 0 Å². The van der Waals surface area contributed by atoms with Crippen LogP contribution in [0.1, 0.15) is 22.3 Å². The van der Waals surface area contributed by atoms with Crippen LogP contribution >= 0.6 is 0 Å². The molecule has 1 amide bonds. The average Bonchev–Trinajstić information content (AvgIpc) is 2.77. The number of anilines is 1. The highest BCUT2D eigenvalue weighted by atomic mass is 16.2. The van der Waals surface area contributed by atoms with Gasteiger partial charge in [0.1, 0.15) is 5.41 Å². The van der Waals surface area contributed by atoms with Crippen molar-refractivity contribution in [2.45, 2.75) is 12.3 Å². The second-order valence-corrected chi connectivity index (χ2v) is 7.17. The van der Waals surface area contributed by atoms with Crippen molar-refractivity contribution >= 4 is 11.6 Å². The van der Waals surface area contributed by atoms with Crippen LogP contribution in [0.4, 0.5) is 5.69 Å². The van der Waals surface area contributed by atoms with Crippen LogP contribution in [0.15, 0.2) is 115 Å². The van der Waals surface area contributed by atoms with Crippen molar-refractivity contribution in [1.82, 2.24) is 0 Å². The Bertz CT molecular complexity index is 992. The Labute approximate surface area is 171 Å². The first-order valence-corrected chi connectivity index (χ1v) is 9.76. The van der Waals surface area contributed by atoms with Gasteiger partial charge < -0.3 is 5.32 Å². The molecule has 0 spiro atoms. The van der Waals surface area contributed by atoms with Gasteiger partial charge >= 0.3 is 0 Å². The molecule has 2 nitrogen and oxygen atoms in total. The molecule has 0 aliphatic heterocycles. The molecule has 29 heavy (non-hydrogen) atoms. The van der Waals surface area contributed by atoms with Crippen LogP contribution in [-0.2, 0) is 10.2 Å². The minimum Gasteiger partial charge on any atom is -0.325 e. The summed E-state index contributed by atoms with van der Waals surface area (Å²) in [5.74, 6) is -0.0771. The molecular weight excluding hydrogens is 354 g/mol. The van der Waals surface area contributed by atoms with Crippen molar-refractivity contribution in [3.8, 4) is 0 Å². The molecule has 0 saturated heterocycles. The first-order valence-electron chi connectivity index (χ1n) is 9.76. The Kier molecular flexibility index (Phi) is 5.26. The number of hydrogen-bond acceptors (Lipinski definition) is 1. The molecule has 4 aromatic carbocycles. The van der Waals surface area contributed by atoms with Gasteiger partial charge in [0.2, 0.25) is 5.91 Å². The van der Waals surface area contributed by atoms with Gasteiger partial charge in [-0.1, -0.05) is 103 Å². The zero-order chi connectivity index (χ0) is 20.1. The second-order valence-electron chi connectivity index (χ2n) is 7.17. The summed E-state index contributed by atoms with van der Waals surface area (Å²) in [5.41, 5.74) is 3.73. The number of hydrogen-bond donors (Lipinski definition) is 1. The van der Waals surface area contributed by atoms with E-state index in [-0.39, 0.29) is 5.91 Å². The molecule has 0 heterocycles. The van der Waals surface area contributed by atoms with E-state index in [4.69, 9.17) is 0 Å². The van der Waals surface area contributed by atoms with E-state index < -0.39 is 5.41 Å². The molecule has 4 aromatic rings. The van der Waals surface area contributed by atoms with E-state index in [0.29, 0.717) is 0 Å². The summed E-state index contributed by atoms with van der Waals surface area (Å²) >= 11 is 0. The zero-order valence-corrected chi connectivity index (χ0v) is 16.4. The predicted octanol–water partition coefficient (Wildman–Crippen LogP) is 5.97. The summed E-state index contributed by atoms with van der Waals surface area (Å²) in [5, 5.41) is 3.18. The Morgan fingerprint density at radius 1 is 0.621 bits per heavy atom. The third kappa shape index (κ3) is 3.57. The monoisotopic (exact) mass is 377 g/mol. The second kappa shape index (κ2) is 8.15. The maximum Gasteiger partial charge on any atom is 0.244 e. The van der Waals surface area contributed by atoms with Gasteiger partial charge in [-0.25, -0.2) is 0 Å². The van der Waals surface area contributed by atoms with Gasteiger partial charge in [-0.05, 0) is 41.3 Å². The van der Waals surface area contributed by atoms with Crippen LogP contribution in [0.5, 0.6) is 0 Å². The van der Waals surface area contributed by atoms with E-state index in [1.165, 1.54) is 0 Å². The molecular formula is C27H23NO. The fraction of sp³-hybridized carbons (Fsp3) is 0.0741. The molecule has 4 rings (SSSR count). The molecule has 0 aliphatic rings. The number of amides is 1. The van der Waals surface area contributed by atoms with Gasteiger partial charge in [-0.2, -0.15) is 0 Å². The Hall–Kier alpha value is -3.65. The smallest absolute Gasteiger partial charge is 0.244 e. The molecule has 0 atom stereocenters. The molecule has 0 radical (unpaired) electrons. The van der Waals surface area contributed by atoms with Crippen molar-refractivity contribution in [3.05, 3.63) is 138 Å². The van der Waals surface area contributed by atoms with Crippen LogP contribution in [-0.4, -0.2) is 5.91 Å². The standard InChI is InChI=1S/C27H23NO/c1-21-12-11-19-25(20-21)28-26(29)27(22-13-5-2-6-14-22,23-15-7-3-8-16-23)24-17-9-4-10-18-24/h2-20H,1H3,(H,28,29).